The molecular formula is C16H14N2O3. The van der Waals surface area contributed by atoms with Gasteiger partial charge in [0, 0.05) is 24.1 Å². The number of carbonyl (C=O) groups is 1. The highest BCUT2D eigenvalue weighted by atomic mass is 16.5. The van der Waals surface area contributed by atoms with Gasteiger partial charge in [0.25, 0.3) is 0 Å². The van der Waals surface area contributed by atoms with Crippen LogP contribution in [0.1, 0.15) is 21.8 Å². The molecule has 0 saturated carbocycles. The van der Waals surface area contributed by atoms with Crippen molar-refractivity contribution in [1.82, 2.24) is 9.72 Å². The molecule has 21 heavy (non-hydrogen) atoms. The molecule has 2 aromatic heterocycles. The maximum atomic E-state index is 11.9. The fourth-order valence-electron chi connectivity index (χ4n) is 1.98. The van der Waals surface area contributed by atoms with Gasteiger partial charge in [0.05, 0.1) is 11.3 Å². The van der Waals surface area contributed by atoms with Gasteiger partial charge in [-0.1, -0.05) is 5.16 Å². The molecule has 0 aliphatic rings. The van der Waals surface area contributed by atoms with Crippen LogP contribution >= 0.6 is 0 Å². The minimum atomic E-state index is -0.386. The number of benzene rings is 1. The van der Waals surface area contributed by atoms with Crippen LogP contribution < -0.4 is 0 Å². The maximum Gasteiger partial charge on any atom is 0.338 e. The van der Waals surface area contributed by atoms with Gasteiger partial charge < -0.3 is 13.8 Å². The monoisotopic (exact) mass is 282 g/mol. The lowest BCUT2D eigenvalue weighted by Gasteiger charge is -2.05. The summed E-state index contributed by atoms with van der Waals surface area (Å²) in [5.41, 5.74) is 2.25. The normalized spacial score (nSPS) is 10.5. The van der Waals surface area contributed by atoms with Crippen molar-refractivity contribution < 1.29 is 14.1 Å². The Kier molecular flexibility index (Phi) is 3.55. The highest BCUT2D eigenvalue weighted by Gasteiger charge is 2.09. The lowest BCUT2D eigenvalue weighted by atomic mass is 10.2. The van der Waals surface area contributed by atoms with Gasteiger partial charge in [-0.25, -0.2) is 4.79 Å². The Morgan fingerprint density at radius 1 is 1.24 bits per heavy atom. The van der Waals surface area contributed by atoms with Crippen LogP contribution in [0.25, 0.3) is 5.69 Å². The molecule has 5 heteroatoms. The summed E-state index contributed by atoms with van der Waals surface area (Å²) in [4.78, 5) is 11.9. The van der Waals surface area contributed by atoms with Gasteiger partial charge in [-0.15, -0.1) is 0 Å². The summed E-state index contributed by atoms with van der Waals surface area (Å²) in [6, 6.07) is 12.8. The van der Waals surface area contributed by atoms with Gasteiger partial charge in [-0.05, 0) is 43.3 Å². The average Bonchev–Trinajstić information content (AvgIpc) is 3.16. The van der Waals surface area contributed by atoms with Crippen LogP contribution in [-0.4, -0.2) is 15.7 Å². The molecule has 0 N–H and O–H groups in total. The topological polar surface area (TPSA) is 57.3 Å². The van der Waals surface area contributed by atoms with Gasteiger partial charge in [0.15, 0.2) is 12.4 Å². The highest BCUT2D eigenvalue weighted by Crippen LogP contribution is 2.12. The average molecular weight is 282 g/mol. The van der Waals surface area contributed by atoms with E-state index in [1.807, 2.05) is 48.1 Å². The zero-order chi connectivity index (χ0) is 14.7. The molecule has 0 unspecified atom stereocenters. The lowest BCUT2D eigenvalue weighted by Crippen LogP contribution is -2.05. The number of rotatable bonds is 4. The summed E-state index contributed by atoms with van der Waals surface area (Å²) < 4.78 is 12.1. The second-order valence-corrected chi connectivity index (χ2v) is 4.65. The molecule has 0 aliphatic carbocycles. The van der Waals surface area contributed by atoms with E-state index in [1.54, 1.807) is 18.2 Å². The predicted molar refractivity (Wildman–Crippen MR) is 76.1 cm³/mol. The Bertz CT molecular complexity index is 727. The zero-order valence-electron chi connectivity index (χ0n) is 11.5. The van der Waals surface area contributed by atoms with E-state index >= 15 is 0 Å². The number of aryl methyl sites for hydroxylation is 1. The molecule has 2 heterocycles. The van der Waals surface area contributed by atoms with Crippen molar-refractivity contribution in [2.75, 3.05) is 0 Å². The first-order valence-electron chi connectivity index (χ1n) is 6.55. The Morgan fingerprint density at radius 3 is 2.57 bits per heavy atom. The van der Waals surface area contributed by atoms with Crippen LogP contribution in [0.15, 0.2) is 59.4 Å². The number of esters is 1. The highest BCUT2D eigenvalue weighted by molar-refractivity contribution is 5.89. The predicted octanol–water partition coefficient (Wildman–Crippen LogP) is 3.13. The third kappa shape index (κ3) is 3.02. The molecule has 0 amide bonds. The number of aromatic nitrogens is 2. The lowest BCUT2D eigenvalue weighted by molar-refractivity contribution is 0.0437. The largest absolute Gasteiger partial charge is 0.454 e. The molecule has 0 radical (unpaired) electrons. The summed E-state index contributed by atoms with van der Waals surface area (Å²) in [6.45, 7) is 1.90. The second kappa shape index (κ2) is 5.66. The zero-order valence-corrected chi connectivity index (χ0v) is 11.5. The van der Waals surface area contributed by atoms with Crippen LogP contribution in [0.4, 0.5) is 0 Å². The summed E-state index contributed by atoms with van der Waals surface area (Å²) in [5, 5.41) is 3.74. The van der Waals surface area contributed by atoms with E-state index in [4.69, 9.17) is 9.26 Å². The molecule has 3 rings (SSSR count). The number of hydrogen-bond acceptors (Lipinski definition) is 4. The molecule has 3 aromatic rings. The minimum Gasteiger partial charge on any atom is -0.454 e. The summed E-state index contributed by atoms with van der Waals surface area (Å²) in [5.74, 6) is 0.146. The van der Waals surface area contributed by atoms with Crippen molar-refractivity contribution in [2.24, 2.45) is 0 Å². The van der Waals surface area contributed by atoms with E-state index < -0.39 is 0 Å². The fraction of sp³-hybridized carbons (Fsp3) is 0.125. The summed E-state index contributed by atoms with van der Waals surface area (Å²) >= 11 is 0. The van der Waals surface area contributed by atoms with Gasteiger partial charge >= 0.3 is 5.97 Å². The fourth-order valence-corrected chi connectivity index (χ4v) is 1.98. The molecule has 106 valence electrons. The van der Waals surface area contributed by atoms with Gasteiger partial charge in [0.2, 0.25) is 0 Å². The Labute approximate surface area is 121 Å². The van der Waals surface area contributed by atoms with Crippen LogP contribution in [-0.2, 0) is 11.3 Å². The number of hydrogen-bond donors (Lipinski definition) is 0. The first-order valence-corrected chi connectivity index (χ1v) is 6.55. The molecule has 0 atom stereocenters. The Balaban J connectivity index is 1.65. The number of ether oxygens (including phenoxy) is 1. The van der Waals surface area contributed by atoms with E-state index in [0.29, 0.717) is 11.3 Å². The number of carbonyl (C=O) groups excluding carboxylic acids is 1. The second-order valence-electron chi connectivity index (χ2n) is 4.65. The Morgan fingerprint density at radius 2 is 1.95 bits per heavy atom. The van der Waals surface area contributed by atoms with Crippen molar-refractivity contribution in [2.45, 2.75) is 13.5 Å². The molecule has 0 saturated heterocycles. The third-order valence-corrected chi connectivity index (χ3v) is 3.03. The third-order valence-electron chi connectivity index (χ3n) is 3.03. The smallest absolute Gasteiger partial charge is 0.338 e. The van der Waals surface area contributed by atoms with Crippen LogP contribution in [0, 0.1) is 6.92 Å². The summed E-state index contributed by atoms with van der Waals surface area (Å²) in [7, 11) is 0. The standard InChI is InChI=1S/C16H14N2O3/c1-12-10-15(21-17-12)11-20-16(19)13-4-6-14(7-5-13)18-8-2-3-9-18/h2-10H,11H2,1H3. The van der Waals surface area contributed by atoms with E-state index in [2.05, 4.69) is 5.16 Å². The van der Waals surface area contributed by atoms with Crippen molar-refractivity contribution in [1.29, 1.82) is 0 Å². The summed E-state index contributed by atoms with van der Waals surface area (Å²) in [6.07, 6.45) is 3.89. The van der Waals surface area contributed by atoms with Gasteiger partial charge in [-0.3, -0.25) is 0 Å². The molecular weight excluding hydrogens is 268 g/mol. The van der Waals surface area contributed by atoms with Crippen LogP contribution in [0.5, 0.6) is 0 Å². The maximum absolute atomic E-state index is 11.9. The number of nitrogens with zero attached hydrogens (tertiary/aromatic N) is 2. The van der Waals surface area contributed by atoms with Gasteiger partial charge in [0.1, 0.15) is 0 Å². The van der Waals surface area contributed by atoms with Crippen molar-refractivity contribution >= 4 is 5.97 Å². The molecule has 0 bridgehead atoms. The van der Waals surface area contributed by atoms with E-state index in [1.165, 1.54) is 0 Å². The van der Waals surface area contributed by atoms with Crippen molar-refractivity contribution in [3.05, 3.63) is 71.9 Å². The SMILES string of the molecule is Cc1cc(COC(=O)c2ccc(-n3cccc3)cc2)on1. The first-order chi connectivity index (χ1) is 10.2. The van der Waals surface area contributed by atoms with Crippen molar-refractivity contribution in [3.63, 3.8) is 0 Å². The van der Waals surface area contributed by atoms with Gasteiger partial charge in [-0.2, -0.15) is 0 Å². The van der Waals surface area contributed by atoms with E-state index in [9.17, 15) is 4.79 Å². The Hall–Kier alpha value is -2.82. The van der Waals surface area contributed by atoms with Crippen LogP contribution in [0.2, 0.25) is 0 Å². The molecule has 0 spiro atoms. The van der Waals surface area contributed by atoms with Crippen molar-refractivity contribution in [3.8, 4) is 5.69 Å². The minimum absolute atomic E-state index is 0.0824. The molecule has 0 aliphatic heterocycles. The first kappa shape index (κ1) is 13.2. The quantitative estimate of drug-likeness (QED) is 0.690. The van der Waals surface area contributed by atoms with E-state index in [-0.39, 0.29) is 12.6 Å². The van der Waals surface area contributed by atoms with E-state index in [0.717, 1.165) is 11.4 Å². The molecule has 1 aromatic carbocycles. The molecule has 5 nitrogen and oxygen atoms in total. The molecule has 0 fully saturated rings. The van der Waals surface area contributed by atoms with Crippen LogP contribution in [0.3, 0.4) is 0 Å².